The third-order valence-electron chi connectivity index (χ3n) is 4.29. The summed E-state index contributed by atoms with van der Waals surface area (Å²) in [7, 11) is 0. The van der Waals surface area contributed by atoms with Gasteiger partial charge in [-0.25, -0.2) is 4.98 Å². The van der Waals surface area contributed by atoms with E-state index in [0.29, 0.717) is 9.84 Å². The minimum atomic E-state index is -0.396. The zero-order valence-electron chi connectivity index (χ0n) is 12.7. The lowest BCUT2D eigenvalue weighted by Gasteiger charge is -2.26. The minimum Gasteiger partial charge on any atom is -0.492 e. The van der Waals surface area contributed by atoms with Gasteiger partial charge in [0.2, 0.25) is 10.8 Å². The van der Waals surface area contributed by atoms with Crippen molar-refractivity contribution >= 4 is 22.0 Å². The molecule has 1 aliphatic heterocycles. The fraction of sp³-hybridized carbons (Fsp3) is 0.333. The summed E-state index contributed by atoms with van der Waals surface area (Å²) in [5.41, 5.74) is 0.849. The van der Waals surface area contributed by atoms with Crippen molar-refractivity contribution in [3.05, 3.63) is 51.1 Å². The van der Waals surface area contributed by atoms with Crippen molar-refractivity contribution in [1.29, 1.82) is 0 Å². The summed E-state index contributed by atoms with van der Waals surface area (Å²) in [6.45, 7) is 1.78. The number of rotatable bonds is 4. The van der Waals surface area contributed by atoms with Gasteiger partial charge in [0.15, 0.2) is 0 Å². The van der Waals surface area contributed by atoms with Crippen LogP contribution in [0.1, 0.15) is 29.3 Å². The molecule has 0 spiro atoms. The van der Waals surface area contributed by atoms with Gasteiger partial charge in [0.1, 0.15) is 6.33 Å². The summed E-state index contributed by atoms with van der Waals surface area (Å²) in [5.74, 6) is 0.0518. The van der Waals surface area contributed by atoms with Crippen molar-refractivity contribution < 1.29 is 10.0 Å². The van der Waals surface area contributed by atoms with Gasteiger partial charge in [-0.1, -0.05) is 23.5 Å². The second kappa shape index (κ2) is 5.84. The zero-order chi connectivity index (χ0) is 16.7. The average Bonchev–Trinajstić information content (AvgIpc) is 3.29. The van der Waals surface area contributed by atoms with Gasteiger partial charge < -0.3 is 5.11 Å². The number of nitro groups is 1. The number of aromatic nitrogens is 3. The van der Waals surface area contributed by atoms with Crippen LogP contribution in [0, 0.1) is 10.1 Å². The van der Waals surface area contributed by atoms with Gasteiger partial charge >= 0.3 is 0 Å². The molecule has 1 aromatic carbocycles. The van der Waals surface area contributed by atoms with Crippen molar-refractivity contribution in [1.82, 2.24) is 19.5 Å². The number of non-ortho nitro benzene ring substituents is 1. The maximum absolute atomic E-state index is 11.1. The van der Waals surface area contributed by atoms with Crippen LogP contribution in [0.3, 0.4) is 0 Å². The molecular weight excluding hydrogens is 330 g/mol. The third-order valence-corrected chi connectivity index (χ3v) is 5.38. The maximum atomic E-state index is 11.1. The van der Waals surface area contributed by atoms with E-state index < -0.39 is 4.92 Å². The van der Waals surface area contributed by atoms with Crippen molar-refractivity contribution in [2.45, 2.75) is 18.9 Å². The van der Waals surface area contributed by atoms with E-state index in [1.54, 1.807) is 12.1 Å². The lowest BCUT2D eigenvalue weighted by atomic mass is 10.0. The van der Waals surface area contributed by atoms with E-state index in [9.17, 15) is 15.2 Å². The normalized spacial score (nSPS) is 16.7. The highest BCUT2D eigenvalue weighted by molar-refractivity contribution is 7.17. The molecular formula is C15H15N5O3S. The number of hydrogen-bond donors (Lipinski definition) is 1. The predicted molar refractivity (Wildman–Crippen MR) is 88.3 cm³/mol. The molecule has 0 aliphatic carbocycles. The topological polar surface area (TPSA) is 96.8 Å². The molecule has 124 valence electrons. The predicted octanol–water partition coefficient (Wildman–Crippen LogP) is 2.59. The van der Waals surface area contributed by atoms with E-state index in [1.807, 2.05) is 6.07 Å². The molecule has 8 nitrogen and oxygen atoms in total. The maximum Gasteiger partial charge on any atom is 0.269 e. The molecule has 3 heterocycles. The molecule has 1 unspecified atom stereocenters. The second-order valence-corrected chi connectivity index (χ2v) is 6.75. The SMILES string of the molecule is O=[N+]([O-])c1cccc(C(c2sc3ncnn3c2O)N2CCCC2)c1. The van der Waals surface area contributed by atoms with Crippen molar-refractivity contribution in [2.75, 3.05) is 13.1 Å². The van der Waals surface area contributed by atoms with Crippen LogP contribution in [0.25, 0.3) is 4.96 Å². The first kappa shape index (κ1) is 15.0. The zero-order valence-corrected chi connectivity index (χ0v) is 13.5. The van der Waals surface area contributed by atoms with Gasteiger partial charge in [-0.2, -0.15) is 9.61 Å². The Morgan fingerprint density at radius 2 is 2.12 bits per heavy atom. The van der Waals surface area contributed by atoms with Gasteiger partial charge in [0.05, 0.1) is 15.8 Å². The summed E-state index contributed by atoms with van der Waals surface area (Å²) in [4.78, 5) is 18.4. The van der Waals surface area contributed by atoms with E-state index in [-0.39, 0.29) is 17.6 Å². The Morgan fingerprint density at radius 3 is 2.83 bits per heavy atom. The summed E-state index contributed by atoms with van der Waals surface area (Å²) in [5, 5.41) is 25.7. The molecule has 0 saturated carbocycles. The van der Waals surface area contributed by atoms with Crippen LogP contribution in [0.5, 0.6) is 5.88 Å². The number of thiazole rings is 1. The van der Waals surface area contributed by atoms with Gasteiger partial charge in [-0.3, -0.25) is 15.0 Å². The van der Waals surface area contributed by atoms with Gasteiger partial charge in [-0.05, 0) is 31.5 Å². The monoisotopic (exact) mass is 345 g/mol. The third kappa shape index (κ3) is 2.42. The van der Waals surface area contributed by atoms with Crippen LogP contribution in [0.15, 0.2) is 30.6 Å². The van der Waals surface area contributed by atoms with Crippen LogP contribution in [0.4, 0.5) is 5.69 Å². The fourth-order valence-corrected chi connectivity index (χ4v) is 4.30. The standard InChI is InChI=1S/C15H15N5O3S/c21-14-13(24-15-16-9-17-19(14)15)12(18-6-1-2-7-18)10-4-3-5-11(8-10)20(22)23/h3-5,8-9,12,21H,1-2,6-7H2. The molecule has 24 heavy (non-hydrogen) atoms. The first-order valence-electron chi connectivity index (χ1n) is 7.65. The lowest BCUT2D eigenvalue weighted by molar-refractivity contribution is -0.384. The molecule has 9 heteroatoms. The molecule has 1 N–H and O–H groups in total. The Balaban J connectivity index is 1.85. The molecule has 0 bridgehead atoms. The number of aromatic hydroxyl groups is 1. The van der Waals surface area contributed by atoms with Crippen LogP contribution < -0.4 is 0 Å². The van der Waals surface area contributed by atoms with E-state index >= 15 is 0 Å². The van der Waals surface area contributed by atoms with E-state index in [2.05, 4.69) is 15.0 Å². The molecule has 3 aromatic rings. The van der Waals surface area contributed by atoms with E-state index in [1.165, 1.54) is 28.2 Å². The average molecular weight is 345 g/mol. The number of hydrogen-bond acceptors (Lipinski definition) is 7. The first-order valence-corrected chi connectivity index (χ1v) is 8.46. The van der Waals surface area contributed by atoms with Gasteiger partial charge in [-0.15, -0.1) is 0 Å². The van der Waals surface area contributed by atoms with Crippen molar-refractivity contribution in [3.8, 4) is 5.88 Å². The number of fused-ring (bicyclic) bond motifs is 1. The Morgan fingerprint density at radius 1 is 1.33 bits per heavy atom. The Hall–Kier alpha value is -2.52. The number of likely N-dealkylation sites (tertiary alicyclic amines) is 1. The Labute approximate surface area is 141 Å². The Kier molecular flexibility index (Phi) is 3.66. The number of nitrogens with zero attached hydrogens (tertiary/aromatic N) is 5. The van der Waals surface area contributed by atoms with Crippen molar-refractivity contribution in [2.24, 2.45) is 0 Å². The van der Waals surface area contributed by atoms with E-state index in [0.717, 1.165) is 31.5 Å². The van der Waals surface area contributed by atoms with Gasteiger partial charge in [0, 0.05) is 12.1 Å². The van der Waals surface area contributed by atoms with Gasteiger partial charge in [0.25, 0.3) is 5.69 Å². The molecule has 0 radical (unpaired) electrons. The molecule has 1 fully saturated rings. The summed E-state index contributed by atoms with van der Waals surface area (Å²) >= 11 is 1.36. The minimum absolute atomic E-state index is 0.0515. The summed E-state index contributed by atoms with van der Waals surface area (Å²) in [6.07, 6.45) is 3.55. The van der Waals surface area contributed by atoms with Crippen LogP contribution in [-0.2, 0) is 0 Å². The highest BCUT2D eigenvalue weighted by atomic mass is 32.1. The van der Waals surface area contributed by atoms with Crippen LogP contribution >= 0.6 is 11.3 Å². The fourth-order valence-electron chi connectivity index (χ4n) is 3.21. The highest BCUT2D eigenvalue weighted by Crippen LogP contribution is 2.41. The first-order chi connectivity index (χ1) is 11.6. The molecule has 1 saturated heterocycles. The van der Waals surface area contributed by atoms with Crippen LogP contribution in [-0.4, -0.2) is 42.6 Å². The largest absolute Gasteiger partial charge is 0.492 e. The lowest BCUT2D eigenvalue weighted by Crippen LogP contribution is -2.26. The summed E-state index contributed by atoms with van der Waals surface area (Å²) < 4.78 is 1.40. The molecule has 0 amide bonds. The number of nitro benzene ring substituents is 1. The molecule has 1 atom stereocenters. The quantitative estimate of drug-likeness (QED) is 0.577. The highest BCUT2D eigenvalue weighted by Gasteiger charge is 2.31. The van der Waals surface area contributed by atoms with E-state index in [4.69, 9.17) is 0 Å². The Bertz CT molecular complexity index is 900. The van der Waals surface area contributed by atoms with Crippen LogP contribution in [0.2, 0.25) is 0 Å². The second-order valence-electron chi connectivity index (χ2n) is 5.74. The number of benzene rings is 1. The summed E-state index contributed by atoms with van der Waals surface area (Å²) in [6, 6.07) is 6.38. The smallest absolute Gasteiger partial charge is 0.269 e. The molecule has 4 rings (SSSR count). The molecule has 2 aromatic heterocycles. The van der Waals surface area contributed by atoms with Crippen molar-refractivity contribution in [3.63, 3.8) is 0 Å². The molecule has 1 aliphatic rings.